The number of aryl methyl sites for hydroxylation is 2. The van der Waals surface area contributed by atoms with Crippen LogP contribution >= 0.6 is 0 Å². The lowest BCUT2D eigenvalue weighted by Gasteiger charge is -2.28. The van der Waals surface area contributed by atoms with Gasteiger partial charge in [0.05, 0.1) is 16.5 Å². The van der Waals surface area contributed by atoms with Crippen LogP contribution in [0.4, 0.5) is 26.3 Å². The fourth-order valence-electron chi connectivity index (χ4n) is 5.84. The van der Waals surface area contributed by atoms with Gasteiger partial charge in [-0.1, -0.05) is 68.4 Å². The fourth-order valence-corrected chi connectivity index (χ4v) is 5.84. The summed E-state index contributed by atoms with van der Waals surface area (Å²) in [5.41, 5.74) is 1.23. The van der Waals surface area contributed by atoms with E-state index in [-0.39, 0.29) is 48.6 Å². The number of para-hydroxylation sites is 1. The highest BCUT2D eigenvalue weighted by atomic mass is 19.4. The van der Waals surface area contributed by atoms with Crippen LogP contribution < -0.4 is 5.56 Å². The molecule has 0 N–H and O–H groups in total. The number of hydrogen-bond donors (Lipinski definition) is 0. The van der Waals surface area contributed by atoms with Crippen LogP contribution in [0.1, 0.15) is 36.4 Å². The topological polar surface area (TPSA) is 58.4 Å². The Morgan fingerprint density at radius 3 is 2.06 bits per heavy atom. The Bertz CT molecular complexity index is 2010. The van der Waals surface area contributed by atoms with Crippen molar-refractivity contribution < 1.29 is 31.1 Å². The molecule has 0 unspecified atom stereocenters. The van der Waals surface area contributed by atoms with Crippen molar-refractivity contribution in [1.29, 1.82) is 0 Å². The number of likely N-dealkylation sites (N-methyl/N-ethyl adjacent to an activating group) is 1. The third-order valence-electron chi connectivity index (χ3n) is 8.80. The molecule has 5 rings (SSSR count). The summed E-state index contributed by atoms with van der Waals surface area (Å²) < 4.78 is 82.7. The average Bonchev–Trinajstić information content (AvgIpc) is 3.11. The molecule has 4 aromatic carbocycles. The molecule has 6 nitrogen and oxygen atoms in total. The average molecular weight is 695 g/mol. The molecular weight excluding hydrogens is 658 g/mol. The van der Waals surface area contributed by atoms with E-state index < -0.39 is 34.8 Å². The van der Waals surface area contributed by atoms with Crippen molar-refractivity contribution in [3.05, 3.63) is 135 Å². The largest absolute Gasteiger partial charge is 0.416 e. The van der Waals surface area contributed by atoms with Crippen LogP contribution in [0.15, 0.2) is 89.7 Å². The molecule has 0 atom stereocenters. The first-order chi connectivity index (χ1) is 23.9. The van der Waals surface area contributed by atoms with E-state index in [2.05, 4.69) is 9.88 Å². The number of halogens is 6. The van der Waals surface area contributed by atoms with E-state index in [9.17, 15) is 35.9 Å². The standard InChI is InChI=1S/C38H36F6N4O2/c1-3-46(4-2)21-22-47(23-25-9-11-26(12-10-25)27-13-17-29(18-14-27)38(42,43)44)34(49)24-48-32-8-6-5-7-30(32)37(50)45-33(48)20-16-28-15-19-31(39)36(41)35(28)40/h5-15,17-19H,3-4,16,20-24H2,1-2H3. The van der Waals surface area contributed by atoms with Crippen LogP contribution in [-0.4, -0.2) is 51.4 Å². The molecule has 0 aliphatic heterocycles. The van der Waals surface area contributed by atoms with Crippen molar-refractivity contribution in [3.63, 3.8) is 0 Å². The van der Waals surface area contributed by atoms with Crippen molar-refractivity contribution in [1.82, 2.24) is 19.4 Å². The number of hydrogen-bond acceptors (Lipinski definition) is 4. The number of benzene rings is 4. The summed E-state index contributed by atoms with van der Waals surface area (Å²) in [6, 6.07) is 20.8. The van der Waals surface area contributed by atoms with Crippen molar-refractivity contribution in [2.45, 2.75) is 46.0 Å². The van der Waals surface area contributed by atoms with Crippen LogP contribution in [0.5, 0.6) is 0 Å². The van der Waals surface area contributed by atoms with Crippen molar-refractivity contribution in [2.75, 3.05) is 26.2 Å². The predicted molar refractivity (Wildman–Crippen MR) is 180 cm³/mol. The highest BCUT2D eigenvalue weighted by molar-refractivity contribution is 5.82. The normalized spacial score (nSPS) is 11.8. The monoisotopic (exact) mass is 694 g/mol. The van der Waals surface area contributed by atoms with Gasteiger partial charge in [-0.15, -0.1) is 0 Å². The van der Waals surface area contributed by atoms with Gasteiger partial charge < -0.3 is 14.4 Å². The molecule has 0 fully saturated rings. The smallest absolute Gasteiger partial charge is 0.336 e. The Kier molecular flexibility index (Phi) is 11.4. The summed E-state index contributed by atoms with van der Waals surface area (Å²) in [7, 11) is 0. The summed E-state index contributed by atoms with van der Waals surface area (Å²) in [6.07, 6.45) is -4.55. The van der Waals surface area contributed by atoms with Crippen molar-refractivity contribution in [2.24, 2.45) is 0 Å². The first kappa shape index (κ1) is 36.3. The Morgan fingerprint density at radius 1 is 0.780 bits per heavy atom. The minimum atomic E-state index is -4.43. The van der Waals surface area contributed by atoms with E-state index in [1.807, 2.05) is 26.0 Å². The molecule has 262 valence electrons. The Balaban J connectivity index is 1.42. The maximum absolute atomic E-state index is 14.5. The predicted octanol–water partition coefficient (Wildman–Crippen LogP) is 7.66. The molecule has 5 aromatic rings. The van der Waals surface area contributed by atoms with Gasteiger partial charge in [-0.25, -0.2) is 13.2 Å². The van der Waals surface area contributed by atoms with Crippen LogP contribution in [0.3, 0.4) is 0 Å². The van der Waals surface area contributed by atoms with Crippen LogP contribution in [0, 0.1) is 17.5 Å². The van der Waals surface area contributed by atoms with E-state index in [0.717, 1.165) is 48.5 Å². The third kappa shape index (κ3) is 8.42. The number of carbonyl (C=O) groups is 1. The summed E-state index contributed by atoms with van der Waals surface area (Å²) in [4.78, 5) is 35.2. The number of nitrogens with zero attached hydrogens (tertiary/aromatic N) is 4. The Hall–Kier alpha value is -4.97. The molecule has 1 amide bonds. The molecule has 0 radical (unpaired) electrons. The van der Waals surface area contributed by atoms with Crippen molar-refractivity contribution in [3.8, 4) is 11.1 Å². The van der Waals surface area contributed by atoms with E-state index >= 15 is 0 Å². The number of fused-ring (bicyclic) bond motifs is 1. The highest BCUT2D eigenvalue weighted by Crippen LogP contribution is 2.31. The van der Waals surface area contributed by atoms with E-state index in [1.165, 1.54) is 12.1 Å². The minimum Gasteiger partial charge on any atom is -0.336 e. The summed E-state index contributed by atoms with van der Waals surface area (Å²) >= 11 is 0. The van der Waals surface area contributed by atoms with Gasteiger partial charge in [0, 0.05) is 26.1 Å². The zero-order chi connectivity index (χ0) is 36.0. The quantitative estimate of drug-likeness (QED) is 0.0939. The van der Waals surface area contributed by atoms with Crippen LogP contribution in [-0.2, 0) is 36.9 Å². The number of aromatic nitrogens is 2. The molecule has 1 aromatic heterocycles. The minimum absolute atomic E-state index is 0.0276. The summed E-state index contributed by atoms with van der Waals surface area (Å²) in [6.45, 7) is 6.60. The zero-order valence-electron chi connectivity index (χ0n) is 27.6. The highest BCUT2D eigenvalue weighted by Gasteiger charge is 2.30. The SMILES string of the molecule is CCN(CC)CCN(Cc1ccc(-c2ccc(C(F)(F)F)cc2)cc1)C(=O)Cn1c(CCc2ccc(F)c(F)c2F)nc(=O)c2ccccc21. The van der Waals surface area contributed by atoms with Crippen LogP contribution in [0.25, 0.3) is 22.0 Å². The Morgan fingerprint density at radius 2 is 1.42 bits per heavy atom. The first-order valence-electron chi connectivity index (χ1n) is 16.3. The summed E-state index contributed by atoms with van der Waals surface area (Å²) in [5.74, 6) is -4.30. The van der Waals surface area contributed by atoms with Crippen LogP contribution in [0.2, 0.25) is 0 Å². The van der Waals surface area contributed by atoms with E-state index in [4.69, 9.17) is 0 Å². The first-order valence-corrected chi connectivity index (χ1v) is 16.3. The van der Waals surface area contributed by atoms with Crippen molar-refractivity contribution >= 4 is 16.8 Å². The van der Waals surface area contributed by atoms with E-state index in [1.54, 1.807) is 45.9 Å². The second-order valence-corrected chi connectivity index (χ2v) is 11.9. The molecule has 0 saturated carbocycles. The lowest BCUT2D eigenvalue weighted by molar-refractivity contribution is -0.137. The lowest BCUT2D eigenvalue weighted by atomic mass is 10.0. The number of amides is 1. The zero-order valence-corrected chi connectivity index (χ0v) is 27.6. The second-order valence-electron chi connectivity index (χ2n) is 11.9. The molecule has 0 spiro atoms. The molecule has 0 saturated heterocycles. The number of alkyl halides is 3. The van der Waals surface area contributed by atoms with Gasteiger partial charge in [0.2, 0.25) is 5.91 Å². The molecular formula is C38H36F6N4O2. The molecule has 0 aliphatic carbocycles. The lowest BCUT2D eigenvalue weighted by Crippen LogP contribution is -2.40. The van der Waals surface area contributed by atoms with Gasteiger partial charge >= 0.3 is 6.18 Å². The molecule has 0 aliphatic rings. The van der Waals surface area contributed by atoms with E-state index in [0.29, 0.717) is 24.2 Å². The maximum atomic E-state index is 14.5. The molecule has 50 heavy (non-hydrogen) atoms. The van der Waals surface area contributed by atoms with Gasteiger partial charge in [0.1, 0.15) is 12.4 Å². The molecule has 1 heterocycles. The van der Waals surface area contributed by atoms with Gasteiger partial charge in [-0.2, -0.15) is 18.2 Å². The van der Waals surface area contributed by atoms with Gasteiger partial charge in [-0.05, 0) is 72.1 Å². The number of rotatable bonds is 13. The fraction of sp³-hybridized carbons (Fsp3) is 0.289. The summed E-state index contributed by atoms with van der Waals surface area (Å²) in [5, 5.41) is 0.289. The Labute approximate surface area is 285 Å². The maximum Gasteiger partial charge on any atom is 0.416 e. The van der Waals surface area contributed by atoms with Gasteiger partial charge in [-0.3, -0.25) is 9.59 Å². The molecule has 0 bridgehead atoms. The molecule has 12 heteroatoms. The number of carbonyl (C=O) groups excluding carboxylic acids is 1. The second kappa shape index (κ2) is 15.7. The van der Waals surface area contributed by atoms with Gasteiger partial charge in [0.25, 0.3) is 5.56 Å². The van der Waals surface area contributed by atoms with Gasteiger partial charge in [0.15, 0.2) is 17.5 Å². The third-order valence-corrected chi connectivity index (χ3v) is 8.80.